The van der Waals surface area contributed by atoms with Crippen molar-refractivity contribution in [3.05, 3.63) is 29.1 Å². The molecule has 2 aromatic heterocycles. The summed E-state index contributed by atoms with van der Waals surface area (Å²) in [5, 5.41) is 1.11. The van der Waals surface area contributed by atoms with E-state index in [9.17, 15) is 0 Å². The number of hydrogen-bond donors (Lipinski definition) is 1. The first-order valence-electron chi connectivity index (χ1n) is 7.54. The van der Waals surface area contributed by atoms with Crippen LogP contribution in [0.15, 0.2) is 24.3 Å². The molecule has 0 saturated carbocycles. The van der Waals surface area contributed by atoms with Crippen LogP contribution in [0.5, 0.6) is 11.8 Å². The Balaban J connectivity index is 2.23. The van der Waals surface area contributed by atoms with Crippen LogP contribution in [0.1, 0.15) is 11.8 Å². The zero-order valence-electron chi connectivity index (χ0n) is 14.0. The lowest BCUT2D eigenvalue weighted by atomic mass is 10.1. The van der Waals surface area contributed by atoms with Gasteiger partial charge in [0.2, 0.25) is 5.05 Å². The van der Waals surface area contributed by atoms with E-state index in [0.717, 1.165) is 16.7 Å². The molecule has 0 fully saturated rings. The number of methoxy groups -OCH3 is 2. The molecule has 25 heavy (non-hydrogen) atoms. The Hall–Kier alpha value is -2.45. The number of nitrogens with zero attached hydrogens (tertiary/aromatic N) is 2. The van der Waals surface area contributed by atoms with Gasteiger partial charge in [-0.15, -0.1) is 11.3 Å². The summed E-state index contributed by atoms with van der Waals surface area (Å²) in [5.41, 5.74) is 8.44. The van der Waals surface area contributed by atoms with Gasteiger partial charge in [-0.2, -0.15) is 9.97 Å². The molecule has 130 valence electrons. The van der Waals surface area contributed by atoms with Gasteiger partial charge >= 0.3 is 6.01 Å². The van der Waals surface area contributed by atoms with Crippen molar-refractivity contribution in [2.45, 2.75) is 6.92 Å². The second-order valence-corrected chi connectivity index (χ2v) is 6.40. The van der Waals surface area contributed by atoms with E-state index >= 15 is 0 Å². The summed E-state index contributed by atoms with van der Waals surface area (Å²) in [5.74, 6) is 0.762. The Labute approximate surface area is 154 Å². The second-order valence-electron chi connectivity index (χ2n) is 5.03. The molecule has 3 aromatic rings. The van der Waals surface area contributed by atoms with E-state index < -0.39 is 0 Å². The predicted molar refractivity (Wildman–Crippen MR) is 104 cm³/mol. The lowest BCUT2D eigenvalue weighted by molar-refractivity contribution is 0.338. The van der Waals surface area contributed by atoms with E-state index in [1.165, 1.54) is 18.4 Å². The zero-order valence-corrected chi connectivity index (χ0v) is 15.7. The molecule has 0 radical (unpaired) electrons. The highest BCUT2D eigenvalue weighted by Gasteiger charge is 2.21. The van der Waals surface area contributed by atoms with E-state index in [1.807, 2.05) is 31.2 Å². The van der Waals surface area contributed by atoms with Gasteiger partial charge < -0.3 is 19.9 Å². The average Bonchev–Trinajstić information content (AvgIpc) is 2.98. The third kappa shape index (κ3) is 3.22. The maximum atomic E-state index is 6.35. The predicted octanol–water partition coefficient (Wildman–Crippen LogP) is 3.67. The van der Waals surface area contributed by atoms with Crippen LogP contribution in [0, 0.1) is 0 Å². The smallest absolute Gasteiger partial charge is 0.318 e. The number of rotatable bonds is 5. The number of ether oxygens (including phenoxy) is 3. The summed E-state index contributed by atoms with van der Waals surface area (Å²) in [6.07, 6.45) is 0. The molecule has 0 unspecified atom stereocenters. The Bertz CT molecular complexity index is 923. The number of nitrogens with two attached hydrogens (primary N) is 1. The van der Waals surface area contributed by atoms with Gasteiger partial charge in [0.05, 0.1) is 37.6 Å². The van der Waals surface area contributed by atoms with Crippen LogP contribution in [0.2, 0.25) is 0 Å². The molecule has 0 atom stereocenters. The summed E-state index contributed by atoms with van der Waals surface area (Å²) in [6.45, 7) is 2.36. The molecule has 0 bridgehead atoms. The summed E-state index contributed by atoms with van der Waals surface area (Å²) < 4.78 is 15.9. The maximum absolute atomic E-state index is 6.35. The number of nitrogen functional groups attached to an aromatic ring is 1. The quantitative estimate of drug-likeness (QED) is 0.682. The Morgan fingerprint density at radius 3 is 2.48 bits per heavy atom. The maximum Gasteiger partial charge on any atom is 0.318 e. The lowest BCUT2D eigenvalue weighted by Crippen LogP contribution is -2.03. The topological polar surface area (TPSA) is 79.5 Å². The number of thiocarbonyl (C=S) groups is 1. The summed E-state index contributed by atoms with van der Waals surface area (Å²) in [4.78, 5) is 10.3. The summed E-state index contributed by atoms with van der Waals surface area (Å²) in [7, 11) is 3.15. The Morgan fingerprint density at radius 2 is 1.88 bits per heavy atom. The fourth-order valence-corrected chi connectivity index (χ4v) is 3.73. The van der Waals surface area contributed by atoms with Crippen molar-refractivity contribution < 1.29 is 14.2 Å². The minimum atomic E-state index is 0.272. The minimum Gasteiger partial charge on any atom is -0.497 e. The third-order valence-corrected chi connectivity index (χ3v) is 5.12. The minimum absolute atomic E-state index is 0.272. The Kier molecular flexibility index (Phi) is 5.00. The van der Waals surface area contributed by atoms with Crippen LogP contribution in [0.4, 0.5) is 5.69 Å². The fourth-order valence-electron chi connectivity index (χ4n) is 2.40. The molecule has 0 spiro atoms. The van der Waals surface area contributed by atoms with Crippen LogP contribution < -0.4 is 15.2 Å². The van der Waals surface area contributed by atoms with Crippen LogP contribution in [-0.2, 0) is 4.74 Å². The SMILES string of the molecule is CCOC(=S)c1sc2nc(OC)nc(-c3ccc(OC)cc3)c2c1N. The van der Waals surface area contributed by atoms with E-state index in [1.54, 1.807) is 7.11 Å². The molecule has 1 aromatic carbocycles. The van der Waals surface area contributed by atoms with Crippen molar-refractivity contribution in [1.29, 1.82) is 0 Å². The van der Waals surface area contributed by atoms with Gasteiger partial charge in [0.15, 0.2) is 0 Å². The van der Waals surface area contributed by atoms with Gasteiger partial charge in [0.1, 0.15) is 15.5 Å². The molecule has 0 aliphatic heterocycles. The summed E-state index contributed by atoms with van der Waals surface area (Å²) >= 11 is 6.69. The average molecular weight is 375 g/mol. The second kappa shape index (κ2) is 7.20. The van der Waals surface area contributed by atoms with Crippen molar-refractivity contribution >= 4 is 44.5 Å². The first-order chi connectivity index (χ1) is 12.1. The van der Waals surface area contributed by atoms with Crippen LogP contribution in [0.3, 0.4) is 0 Å². The monoisotopic (exact) mass is 375 g/mol. The van der Waals surface area contributed by atoms with Gasteiger partial charge in [-0.3, -0.25) is 0 Å². The molecular weight excluding hydrogens is 358 g/mol. The van der Waals surface area contributed by atoms with Gasteiger partial charge in [-0.25, -0.2) is 0 Å². The number of thiophene rings is 1. The van der Waals surface area contributed by atoms with Crippen molar-refractivity contribution in [2.75, 3.05) is 26.6 Å². The molecule has 0 amide bonds. The number of benzene rings is 1. The highest BCUT2D eigenvalue weighted by atomic mass is 32.1. The molecule has 3 rings (SSSR count). The molecule has 2 N–H and O–H groups in total. The fraction of sp³-hybridized carbons (Fsp3) is 0.235. The van der Waals surface area contributed by atoms with E-state index in [-0.39, 0.29) is 6.01 Å². The van der Waals surface area contributed by atoms with Crippen molar-refractivity contribution in [1.82, 2.24) is 9.97 Å². The number of fused-ring (bicyclic) bond motifs is 1. The highest BCUT2D eigenvalue weighted by molar-refractivity contribution is 7.81. The standard InChI is InChI=1S/C17H17N3O3S2/c1-4-23-16(24)14-12(18)11-13(9-5-7-10(21-2)8-6-9)19-17(22-3)20-15(11)25-14/h5-8H,4,18H2,1-3H3. The van der Waals surface area contributed by atoms with Crippen LogP contribution >= 0.6 is 23.6 Å². The van der Waals surface area contributed by atoms with Crippen molar-refractivity contribution in [3.63, 3.8) is 0 Å². The van der Waals surface area contributed by atoms with E-state index in [0.29, 0.717) is 32.7 Å². The molecule has 8 heteroatoms. The van der Waals surface area contributed by atoms with Crippen LogP contribution in [0.25, 0.3) is 21.5 Å². The zero-order chi connectivity index (χ0) is 18.0. The molecule has 0 aliphatic carbocycles. The first kappa shape index (κ1) is 17.4. The van der Waals surface area contributed by atoms with Gasteiger partial charge in [-0.05, 0) is 43.4 Å². The van der Waals surface area contributed by atoms with Gasteiger partial charge in [0, 0.05) is 5.56 Å². The molecular formula is C17H17N3O3S2. The number of anilines is 1. The van der Waals surface area contributed by atoms with Crippen molar-refractivity contribution in [3.8, 4) is 23.0 Å². The lowest BCUT2D eigenvalue weighted by Gasteiger charge is -2.07. The number of hydrogen-bond acceptors (Lipinski definition) is 8. The van der Waals surface area contributed by atoms with Crippen molar-refractivity contribution in [2.24, 2.45) is 0 Å². The normalized spacial score (nSPS) is 10.7. The van der Waals surface area contributed by atoms with E-state index in [2.05, 4.69) is 9.97 Å². The molecule has 0 aliphatic rings. The van der Waals surface area contributed by atoms with Gasteiger partial charge in [0.25, 0.3) is 0 Å². The summed E-state index contributed by atoms with van der Waals surface area (Å²) in [6, 6.07) is 7.83. The molecule has 0 saturated heterocycles. The third-order valence-electron chi connectivity index (χ3n) is 3.57. The largest absolute Gasteiger partial charge is 0.497 e. The molecule has 6 nitrogen and oxygen atoms in total. The van der Waals surface area contributed by atoms with E-state index in [4.69, 9.17) is 32.2 Å². The first-order valence-corrected chi connectivity index (χ1v) is 8.77. The highest BCUT2D eigenvalue weighted by Crippen LogP contribution is 2.40. The molecule has 2 heterocycles. The van der Waals surface area contributed by atoms with Crippen LogP contribution in [-0.4, -0.2) is 35.8 Å². The van der Waals surface area contributed by atoms with Gasteiger partial charge in [-0.1, -0.05) is 0 Å². The Morgan fingerprint density at radius 1 is 1.16 bits per heavy atom. The number of aromatic nitrogens is 2.